The third-order valence-electron chi connectivity index (χ3n) is 10.3. The lowest BCUT2D eigenvalue weighted by atomic mass is 9.46. The highest BCUT2D eigenvalue weighted by molar-refractivity contribution is 5.18. The molecule has 0 saturated heterocycles. The molecule has 0 amide bonds. The van der Waals surface area contributed by atoms with Crippen molar-refractivity contribution in [2.75, 3.05) is 0 Å². The summed E-state index contributed by atoms with van der Waals surface area (Å²) in [5.41, 5.74) is 0.944. The highest BCUT2D eigenvalue weighted by Gasteiger charge is 2.59. The van der Waals surface area contributed by atoms with Gasteiger partial charge in [-0.2, -0.15) is 0 Å². The van der Waals surface area contributed by atoms with Gasteiger partial charge in [0.05, 0.1) is 6.10 Å². The van der Waals surface area contributed by atoms with E-state index >= 15 is 0 Å². The van der Waals surface area contributed by atoms with Crippen LogP contribution in [0.15, 0.2) is 24.3 Å². The Morgan fingerprint density at radius 3 is 2.45 bits per heavy atom. The minimum absolute atomic E-state index is 0.0678. The van der Waals surface area contributed by atoms with E-state index in [4.69, 9.17) is 0 Å². The standard InChI is InChI=1S/C28H46O/c1-6-7-19(2)8-9-20(3)24-12-13-25-23-11-10-21-18-22(29)14-16-27(21,4)26(23)15-17-28(24,25)5/h8-11,19-26,29H,6-7,12-18H2,1-5H3/b9-8+/t19-,20-,21?,22+,23?,24-,25+,26+,27+,28-/m1/s1. The molecule has 0 aromatic rings. The van der Waals surface area contributed by atoms with Crippen LogP contribution in [0.5, 0.6) is 0 Å². The number of hydrogen-bond donors (Lipinski definition) is 1. The van der Waals surface area contributed by atoms with E-state index in [9.17, 15) is 5.11 Å². The van der Waals surface area contributed by atoms with Crippen LogP contribution in [-0.4, -0.2) is 11.2 Å². The van der Waals surface area contributed by atoms with E-state index in [0.717, 1.165) is 42.4 Å². The van der Waals surface area contributed by atoms with Crippen LogP contribution in [0.1, 0.15) is 92.4 Å². The van der Waals surface area contributed by atoms with Gasteiger partial charge in [0.2, 0.25) is 0 Å². The summed E-state index contributed by atoms with van der Waals surface area (Å²) in [5.74, 6) is 5.39. The summed E-state index contributed by atoms with van der Waals surface area (Å²) in [6, 6.07) is 0. The first-order chi connectivity index (χ1) is 13.8. The van der Waals surface area contributed by atoms with Crippen LogP contribution in [0.2, 0.25) is 0 Å². The zero-order valence-corrected chi connectivity index (χ0v) is 19.7. The molecule has 1 N–H and O–H groups in total. The molecule has 1 nitrogen and oxygen atoms in total. The van der Waals surface area contributed by atoms with Crippen LogP contribution in [0.4, 0.5) is 0 Å². The molecule has 3 fully saturated rings. The smallest absolute Gasteiger partial charge is 0.0546 e. The van der Waals surface area contributed by atoms with Gasteiger partial charge >= 0.3 is 0 Å². The summed E-state index contributed by atoms with van der Waals surface area (Å²) in [6.45, 7) is 12.4. The molecule has 0 heterocycles. The molecule has 0 aromatic carbocycles. The summed E-state index contributed by atoms with van der Waals surface area (Å²) in [4.78, 5) is 0. The van der Waals surface area contributed by atoms with Crippen molar-refractivity contribution in [2.24, 2.45) is 52.3 Å². The highest BCUT2D eigenvalue weighted by Crippen LogP contribution is 2.66. The van der Waals surface area contributed by atoms with Crippen LogP contribution in [0, 0.1) is 52.3 Å². The Morgan fingerprint density at radius 2 is 1.69 bits per heavy atom. The molecule has 0 bridgehead atoms. The Bertz CT molecular complexity index is 634. The summed E-state index contributed by atoms with van der Waals surface area (Å²) in [7, 11) is 0. The van der Waals surface area contributed by atoms with Gasteiger partial charge in [-0.15, -0.1) is 0 Å². The molecule has 4 aliphatic rings. The average molecular weight is 399 g/mol. The number of fused-ring (bicyclic) bond motifs is 5. The van der Waals surface area contributed by atoms with Gasteiger partial charge in [-0.1, -0.05) is 65.3 Å². The average Bonchev–Trinajstić information content (AvgIpc) is 3.04. The number of hydrogen-bond acceptors (Lipinski definition) is 1. The summed E-state index contributed by atoms with van der Waals surface area (Å²) in [6.07, 6.45) is 21.7. The van der Waals surface area contributed by atoms with E-state index in [2.05, 4.69) is 58.9 Å². The fourth-order valence-electron chi connectivity index (χ4n) is 8.55. The number of aliphatic hydroxyl groups excluding tert-OH is 1. The summed E-state index contributed by atoms with van der Waals surface area (Å²) >= 11 is 0. The Balaban J connectivity index is 1.52. The van der Waals surface area contributed by atoms with E-state index in [-0.39, 0.29) is 6.10 Å². The zero-order valence-electron chi connectivity index (χ0n) is 19.7. The highest BCUT2D eigenvalue weighted by atomic mass is 16.3. The minimum Gasteiger partial charge on any atom is -0.393 e. The third kappa shape index (κ3) is 3.68. The van der Waals surface area contributed by atoms with E-state index in [0.29, 0.717) is 22.7 Å². The first-order valence-electron chi connectivity index (χ1n) is 12.8. The molecule has 4 rings (SSSR count). The van der Waals surface area contributed by atoms with Gasteiger partial charge in [0.25, 0.3) is 0 Å². The Morgan fingerprint density at radius 1 is 0.966 bits per heavy atom. The lowest BCUT2D eigenvalue weighted by Crippen LogP contribution is -2.52. The zero-order chi connectivity index (χ0) is 20.8. The van der Waals surface area contributed by atoms with Crippen molar-refractivity contribution in [1.29, 1.82) is 0 Å². The van der Waals surface area contributed by atoms with E-state index in [1.807, 2.05) is 0 Å². The molecule has 1 heteroatoms. The predicted molar refractivity (Wildman–Crippen MR) is 124 cm³/mol. The van der Waals surface area contributed by atoms with Crippen molar-refractivity contribution in [3.63, 3.8) is 0 Å². The van der Waals surface area contributed by atoms with Crippen LogP contribution in [0.25, 0.3) is 0 Å². The number of aliphatic hydroxyl groups is 1. The quantitative estimate of drug-likeness (QED) is 0.478. The minimum atomic E-state index is -0.0678. The predicted octanol–water partition coefficient (Wildman–Crippen LogP) is 7.41. The Labute approximate surface area is 180 Å². The fraction of sp³-hybridized carbons (Fsp3) is 0.857. The van der Waals surface area contributed by atoms with Gasteiger partial charge in [0.1, 0.15) is 0 Å². The first kappa shape index (κ1) is 21.7. The van der Waals surface area contributed by atoms with E-state index in [1.54, 1.807) is 0 Å². The van der Waals surface area contributed by atoms with Crippen LogP contribution in [-0.2, 0) is 0 Å². The monoisotopic (exact) mass is 398 g/mol. The van der Waals surface area contributed by atoms with Gasteiger partial charge in [-0.25, -0.2) is 0 Å². The molecule has 0 spiro atoms. The summed E-state index contributed by atoms with van der Waals surface area (Å²) < 4.78 is 0. The second kappa shape index (κ2) is 8.18. The van der Waals surface area contributed by atoms with Crippen LogP contribution in [0.3, 0.4) is 0 Å². The van der Waals surface area contributed by atoms with Gasteiger partial charge < -0.3 is 5.11 Å². The van der Waals surface area contributed by atoms with Crippen molar-refractivity contribution in [1.82, 2.24) is 0 Å². The first-order valence-corrected chi connectivity index (χ1v) is 12.8. The van der Waals surface area contributed by atoms with Crippen LogP contribution >= 0.6 is 0 Å². The summed E-state index contributed by atoms with van der Waals surface area (Å²) in [5, 5.41) is 10.2. The molecule has 4 aliphatic carbocycles. The van der Waals surface area contributed by atoms with Crippen molar-refractivity contribution in [3.05, 3.63) is 24.3 Å². The molecule has 164 valence electrons. The Hall–Kier alpha value is -0.560. The lowest BCUT2D eigenvalue weighted by Gasteiger charge is -2.59. The largest absolute Gasteiger partial charge is 0.393 e. The molecular formula is C28H46O. The van der Waals surface area contributed by atoms with E-state index < -0.39 is 0 Å². The van der Waals surface area contributed by atoms with Crippen molar-refractivity contribution < 1.29 is 5.11 Å². The lowest BCUT2D eigenvalue weighted by molar-refractivity contribution is -0.0795. The normalized spacial score (nSPS) is 48.8. The number of rotatable bonds is 5. The van der Waals surface area contributed by atoms with E-state index in [1.165, 1.54) is 44.9 Å². The van der Waals surface area contributed by atoms with Crippen LogP contribution < -0.4 is 0 Å². The van der Waals surface area contributed by atoms with Crippen molar-refractivity contribution >= 4 is 0 Å². The molecule has 0 aliphatic heterocycles. The maximum absolute atomic E-state index is 10.2. The van der Waals surface area contributed by atoms with Crippen molar-refractivity contribution in [3.8, 4) is 0 Å². The van der Waals surface area contributed by atoms with Crippen molar-refractivity contribution in [2.45, 2.75) is 98.5 Å². The third-order valence-corrected chi connectivity index (χ3v) is 10.3. The maximum Gasteiger partial charge on any atom is 0.0546 e. The second-order valence-electron chi connectivity index (χ2n) is 12.0. The molecule has 0 aromatic heterocycles. The number of allylic oxidation sites excluding steroid dienone is 4. The topological polar surface area (TPSA) is 20.2 Å². The van der Waals surface area contributed by atoms with Gasteiger partial charge in [0.15, 0.2) is 0 Å². The molecule has 10 atom stereocenters. The molecule has 3 saturated carbocycles. The molecule has 0 radical (unpaired) electrons. The maximum atomic E-state index is 10.2. The second-order valence-corrected chi connectivity index (χ2v) is 12.0. The SMILES string of the molecule is CCC[C@@H](C)/C=C/[C@@H](C)[C@H]1CC[C@H]2C3C=CC4C[C@@H](O)CC[C@]4(C)[C@H]3CC[C@]12C. The molecular weight excluding hydrogens is 352 g/mol. The van der Waals surface area contributed by atoms with Gasteiger partial charge in [-0.3, -0.25) is 0 Å². The fourth-order valence-corrected chi connectivity index (χ4v) is 8.55. The van der Waals surface area contributed by atoms with Gasteiger partial charge in [0, 0.05) is 0 Å². The molecule has 2 unspecified atom stereocenters. The molecule has 29 heavy (non-hydrogen) atoms. The Kier molecular flexibility index (Phi) is 6.11. The van der Waals surface area contributed by atoms with Gasteiger partial charge in [-0.05, 0) is 104 Å².